The number of hydrogen-bond acceptors (Lipinski definition) is 4. The molecule has 1 amide bonds. The van der Waals surface area contributed by atoms with E-state index in [2.05, 4.69) is 15.6 Å². The number of hydrogen-bond donors (Lipinski definition) is 2. The number of carbonyl (C=O) groups excluding carboxylic acids is 1. The van der Waals surface area contributed by atoms with Crippen LogP contribution in [0.4, 0.5) is 21.6 Å². The average molecular weight is 379 g/mol. The first-order valence-electron chi connectivity index (χ1n) is 9.02. The molecule has 1 aromatic heterocycles. The number of carbonyl (C=O) groups is 1. The minimum atomic E-state index is -0.394. The molecule has 1 heterocycles. The Morgan fingerprint density at radius 2 is 1.75 bits per heavy atom. The molecule has 3 rings (SSSR count). The van der Waals surface area contributed by atoms with E-state index in [-0.39, 0.29) is 18.4 Å². The van der Waals surface area contributed by atoms with Crippen molar-refractivity contribution in [3.05, 3.63) is 78.2 Å². The number of rotatable bonds is 7. The third-order valence-electron chi connectivity index (χ3n) is 3.85. The number of nitrogens with zero attached hydrogens (tertiary/aromatic N) is 1. The summed E-state index contributed by atoms with van der Waals surface area (Å²) in [5.74, 6) is 0.508. The maximum Gasteiger partial charge on any atom is 0.230 e. The predicted octanol–water partition coefficient (Wildman–Crippen LogP) is 4.93. The molecule has 0 fully saturated rings. The quantitative estimate of drug-likeness (QED) is 0.611. The van der Waals surface area contributed by atoms with Crippen molar-refractivity contribution in [2.45, 2.75) is 26.4 Å². The van der Waals surface area contributed by atoms with Crippen LogP contribution in [0.3, 0.4) is 0 Å². The van der Waals surface area contributed by atoms with Crippen LogP contribution < -0.4 is 15.4 Å². The zero-order chi connectivity index (χ0) is 19.9. The normalized spacial score (nSPS) is 10.6. The lowest BCUT2D eigenvalue weighted by molar-refractivity contribution is -0.115. The number of nitrogens with one attached hydrogen (secondary N) is 2. The fraction of sp³-hybridized carbons (Fsp3) is 0.182. The van der Waals surface area contributed by atoms with Gasteiger partial charge in [0.15, 0.2) is 0 Å². The van der Waals surface area contributed by atoms with E-state index in [1.807, 2.05) is 44.2 Å². The Kier molecular flexibility index (Phi) is 6.22. The molecule has 3 aromatic rings. The van der Waals surface area contributed by atoms with Crippen molar-refractivity contribution in [1.82, 2.24) is 4.98 Å². The van der Waals surface area contributed by atoms with Gasteiger partial charge in [-0.2, -0.15) is 0 Å². The summed E-state index contributed by atoms with van der Waals surface area (Å²) in [5, 5.41) is 5.91. The van der Waals surface area contributed by atoms with Crippen molar-refractivity contribution in [2.24, 2.45) is 0 Å². The highest BCUT2D eigenvalue weighted by molar-refractivity contribution is 5.91. The van der Waals surface area contributed by atoms with Gasteiger partial charge in [0.05, 0.1) is 24.4 Å². The predicted molar refractivity (Wildman–Crippen MR) is 108 cm³/mol. The minimum Gasteiger partial charge on any atom is -0.491 e. The summed E-state index contributed by atoms with van der Waals surface area (Å²) in [6, 6.07) is 17.3. The third-order valence-corrected chi connectivity index (χ3v) is 3.85. The monoisotopic (exact) mass is 379 g/mol. The Bertz CT molecular complexity index is 925. The van der Waals surface area contributed by atoms with Gasteiger partial charge in [-0.25, -0.2) is 9.37 Å². The molecule has 0 unspecified atom stereocenters. The van der Waals surface area contributed by atoms with Gasteiger partial charge in [0, 0.05) is 5.69 Å². The lowest BCUT2D eigenvalue weighted by Crippen LogP contribution is -2.16. The van der Waals surface area contributed by atoms with Gasteiger partial charge >= 0.3 is 0 Å². The van der Waals surface area contributed by atoms with Crippen LogP contribution in [0.1, 0.15) is 19.4 Å². The maximum atomic E-state index is 13.6. The van der Waals surface area contributed by atoms with E-state index >= 15 is 0 Å². The molecule has 6 heteroatoms. The van der Waals surface area contributed by atoms with E-state index in [1.54, 1.807) is 30.5 Å². The Morgan fingerprint density at radius 1 is 1.04 bits per heavy atom. The molecule has 5 nitrogen and oxygen atoms in total. The molecule has 0 atom stereocenters. The van der Waals surface area contributed by atoms with Crippen molar-refractivity contribution >= 4 is 23.1 Å². The molecule has 28 heavy (non-hydrogen) atoms. The van der Waals surface area contributed by atoms with Crippen LogP contribution >= 0.6 is 0 Å². The topological polar surface area (TPSA) is 63.2 Å². The van der Waals surface area contributed by atoms with Crippen molar-refractivity contribution in [2.75, 3.05) is 10.6 Å². The Morgan fingerprint density at radius 3 is 2.39 bits per heavy atom. The number of anilines is 3. The number of aromatic nitrogens is 1. The van der Waals surface area contributed by atoms with Crippen LogP contribution in [-0.2, 0) is 11.2 Å². The zero-order valence-electron chi connectivity index (χ0n) is 15.8. The van der Waals surface area contributed by atoms with E-state index < -0.39 is 5.82 Å². The zero-order valence-corrected chi connectivity index (χ0v) is 15.8. The standard InChI is InChI=1S/C22H22FN3O2/c1-15(2)28-19-10-7-17(8-11-19)25-18-9-12-21(24-14-18)26-22(27)13-16-5-3-4-6-20(16)23/h3-12,14-15,25H,13H2,1-2H3,(H,24,26,27). The molecule has 0 saturated carbocycles. The van der Waals surface area contributed by atoms with E-state index in [0.717, 1.165) is 17.1 Å². The van der Waals surface area contributed by atoms with Crippen LogP contribution in [0.5, 0.6) is 5.75 Å². The van der Waals surface area contributed by atoms with E-state index in [0.29, 0.717) is 11.4 Å². The Hall–Kier alpha value is -3.41. The molecule has 2 N–H and O–H groups in total. The molecule has 2 aromatic carbocycles. The summed E-state index contributed by atoms with van der Waals surface area (Å²) in [5.41, 5.74) is 2.03. The van der Waals surface area contributed by atoms with Gasteiger partial charge in [-0.05, 0) is 61.9 Å². The fourth-order valence-corrected chi connectivity index (χ4v) is 2.60. The summed E-state index contributed by atoms with van der Waals surface area (Å²) in [4.78, 5) is 16.3. The average Bonchev–Trinajstić information content (AvgIpc) is 2.66. The lowest BCUT2D eigenvalue weighted by atomic mass is 10.1. The maximum absolute atomic E-state index is 13.6. The number of pyridine rings is 1. The third kappa shape index (κ3) is 5.54. The molecule has 0 spiro atoms. The van der Waals surface area contributed by atoms with Gasteiger partial charge < -0.3 is 15.4 Å². The molecular formula is C22H22FN3O2. The first-order chi connectivity index (χ1) is 13.5. The number of ether oxygens (including phenoxy) is 1. The number of benzene rings is 2. The molecule has 0 aliphatic heterocycles. The SMILES string of the molecule is CC(C)Oc1ccc(Nc2ccc(NC(=O)Cc3ccccc3F)nc2)cc1. The summed E-state index contributed by atoms with van der Waals surface area (Å²) < 4.78 is 19.2. The molecule has 0 aliphatic rings. The highest BCUT2D eigenvalue weighted by atomic mass is 19.1. The van der Waals surface area contributed by atoms with Crippen molar-refractivity contribution in [3.8, 4) is 5.75 Å². The Labute approximate surface area is 163 Å². The highest BCUT2D eigenvalue weighted by Gasteiger charge is 2.08. The van der Waals surface area contributed by atoms with Crippen LogP contribution in [0, 0.1) is 5.82 Å². The first-order valence-corrected chi connectivity index (χ1v) is 9.02. The van der Waals surface area contributed by atoms with Gasteiger partial charge in [0.1, 0.15) is 17.4 Å². The van der Waals surface area contributed by atoms with Crippen LogP contribution in [0.2, 0.25) is 0 Å². The first kappa shape index (κ1) is 19.4. The van der Waals surface area contributed by atoms with Gasteiger partial charge in [0.2, 0.25) is 5.91 Å². The summed E-state index contributed by atoms with van der Waals surface area (Å²) in [6.45, 7) is 3.96. The van der Waals surface area contributed by atoms with Crippen LogP contribution in [-0.4, -0.2) is 17.0 Å². The largest absolute Gasteiger partial charge is 0.491 e. The minimum absolute atomic E-state index is 0.0425. The molecule has 0 aliphatic carbocycles. The summed E-state index contributed by atoms with van der Waals surface area (Å²) in [7, 11) is 0. The summed E-state index contributed by atoms with van der Waals surface area (Å²) >= 11 is 0. The van der Waals surface area contributed by atoms with E-state index in [4.69, 9.17) is 4.74 Å². The van der Waals surface area contributed by atoms with Gasteiger partial charge in [-0.1, -0.05) is 18.2 Å². The molecule has 0 saturated heterocycles. The van der Waals surface area contributed by atoms with E-state index in [9.17, 15) is 9.18 Å². The van der Waals surface area contributed by atoms with Crippen LogP contribution in [0.25, 0.3) is 0 Å². The molecular weight excluding hydrogens is 357 g/mol. The molecule has 0 radical (unpaired) electrons. The number of halogens is 1. The number of amides is 1. The lowest BCUT2D eigenvalue weighted by Gasteiger charge is -2.11. The van der Waals surface area contributed by atoms with Crippen molar-refractivity contribution in [1.29, 1.82) is 0 Å². The molecule has 144 valence electrons. The smallest absolute Gasteiger partial charge is 0.230 e. The van der Waals surface area contributed by atoms with Gasteiger partial charge in [-0.15, -0.1) is 0 Å². The Balaban J connectivity index is 1.56. The van der Waals surface area contributed by atoms with Crippen LogP contribution in [0.15, 0.2) is 66.9 Å². The van der Waals surface area contributed by atoms with Crippen molar-refractivity contribution < 1.29 is 13.9 Å². The second kappa shape index (κ2) is 8.99. The van der Waals surface area contributed by atoms with Gasteiger partial charge in [0.25, 0.3) is 0 Å². The fourth-order valence-electron chi connectivity index (χ4n) is 2.60. The van der Waals surface area contributed by atoms with Gasteiger partial charge in [-0.3, -0.25) is 4.79 Å². The second-order valence-electron chi connectivity index (χ2n) is 6.56. The van der Waals surface area contributed by atoms with Crippen molar-refractivity contribution in [3.63, 3.8) is 0 Å². The summed E-state index contributed by atoms with van der Waals surface area (Å²) in [6.07, 6.45) is 1.71. The molecule has 0 bridgehead atoms. The van der Waals surface area contributed by atoms with E-state index in [1.165, 1.54) is 6.07 Å². The second-order valence-corrected chi connectivity index (χ2v) is 6.56. The highest BCUT2D eigenvalue weighted by Crippen LogP contribution is 2.21.